The van der Waals surface area contributed by atoms with Crippen molar-refractivity contribution in [3.05, 3.63) is 23.2 Å². The average Bonchev–Trinajstić information content (AvgIpc) is 2.68. The van der Waals surface area contributed by atoms with Gasteiger partial charge in [0, 0.05) is 18.3 Å². The average molecular weight is 540 g/mol. The molecular weight excluding hydrogens is 525 g/mol. The van der Waals surface area contributed by atoms with Gasteiger partial charge in [0.1, 0.15) is 0 Å². The molecule has 19 heteroatoms. The molecule has 0 saturated carbocycles. The fourth-order valence-corrected chi connectivity index (χ4v) is 1.96. The van der Waals surface area contributed by atoms with E-state index in [0.29, 0.717) is 11.1 Å². The van der Waals surface area contributed by atoms with Crippen molar-refractivity contribution >= 4 is 29.5 Å². The standard InChI is InChI=1S/C9H12ClN3.3C2HF3O2/c10-9-8(12-5-6-13-9)7-1-3-11-4-2-7;3*3-2(4,5)1(6)7/h5-7,11H,1-4H2;3*(H,6,7). The van der Waals surface area contributed by atoms with Crippen LogP contribution in [0.1, 0.15) is 24.5 Å². The summed E-state index contributed by atoms with van der Waals surface area (Å²) in [5.74, 6) is -7.78. The van der Waals surface area contributed by atoms with Gasteiger partial charge in [0.05, 0.1) is 5.69 Å². The second-order valence-corrected chi connectivity index (χ2v) is 6.02. The second kappa shape index (κ2) is 14.4. The Balaban J connectivity index is 0. The molecule has 0 amide bonds. The van der Waals surface area contributed by atoms with Gasteiger partial charge >= 0.3 is 36.4 Å². The van der Waals surface area contributed by atoms with Crippen molar-refractivity contribution in [3.63, 3.8) is 0 Å². The maximum absolute atomic E-state index is 10.6. The molecule has 9 nitrogen and oxygen atoms in total. The van der Waals surface area contributed by atoms with Crippen LogP contribution in [0.15, 0.2) is 12.4 Å². The Bertz CT molecular complexity index is 740. The number of nitrogens with zero attached hydrogens (tertiary/aromatic N) is 2. The largest absolute Gasteiger partial charge is 0.490 e. The lowest BCUT2D eigenvalue weighted by Crippen LogP contribution is -2.27. The number of carboxylic acids is 3. The van der Waals surface area contributed by atoms with Crippen LogP contribution in [0.25, 0.3) is 0 Å². The quantitative estimate of drug-likeness (QED) is 0.393. The molecule has 34 heavy (non-hydrogen) atoms. The summed E-state index contributed by atoms with van der Waals surface area (Å²) in [6.07, 6.45) is -9.69. The Morgan fingerprint density at radius 1 is 0.765 bits per heavy atom. The molecule has 2 rings (SSSR count). The Hall–Kier alpha value is -2.89. The lowest BCUT2D eigenvalue weighted by atomic mass is 9.95. The van der Waals surface area contributed by atoms with Crippen LogP contribution in [0.4, 0.5) is 39.5 Å². The third-order valence-corrected chi connectivity index (χ3v) is 3.42. The van der Waals surface area contributed by atoms with E-state index < -0.39 is 36.4 Å². The van der Waals surface area contributed by atoms with Gasteiger partial charge in [-0.05, 0) is 25.9 Å². The number of hydrogen-bond donors (Lipinski definition) is 4. The van der Waals surface area contributed by atoms with Crippen molar-refractivity contribution in [1.29, 1.82) is 0 Å². The van der Waals surface area contributed by atoms with E-state index in [2.05, 4.69) is 15.3 Å². The molecule has 1 aliphatic rings. The summed E-state index contributed by atoms with van der Waals surface area (Å²) in [5.41, 5.74) is 0.964. The van der Waals surface area contributed by atoms with Crippen LogP contribution >= 0.6 is 11.6 Å². The monoisotopic (exact) mass is 539 g/mol. The summed E-state index contributed by atoms with van der Waals surface area (Å²) in [7, 11) is 0. The molecule has 1 fully saturated rings. The predicted molar refractivity (Wildman–Crippen MR) is 93.0 cm³/mol. The topological polar surface area (TPSA) is 150 Å². The zero-order valence-corrected chi connectivity index (χ0v) is 17.1. The van der Waals surface area contributed by atoms with Gasteiger partial charge in [-0.2, -0.15) is 39.5 Å². The molecule has 0 unspecified atom stereocenters. The van der Waals surface area contributed by atoms with E-state index in [9.17, 15) is 39.5 Å². The van der Waals surface area contributed by atoms with Crippen LogP contribution < -0.4 is 5.32 Å². The molecule has 196 valence electrons. The zero-order valence-electron chi connectivity index (χ0n) is 16.3. The molecular formula is C15H15ClF9N3O6. The number of halogens is 10. The highest BCUT2D eigenvalue weighted by Gasteiger charge is 2.39. The van der Waals surface area contributed by atoms with Crippen LogP contribution in [0.2, 0.25) is 5.15 Å². The first-order valence-electron chi connectivity index (χ1n) is 8.28. The van der Waals surface area contributed by atoms with E-state index in [0.717, 1.165) is 31.6 Å². The molecule has 1 aromatic rings. The molecule has 0 atom stereocenters. The van der Waals surface area contributed by atoms with Gasteiger partial charge in [0.15, 0.2) is 5.15 Å². The number of hydrogen-bond acceptors (Lipinski definition) is 6. The summed E-state index contributed by atoms with van der Waals surface area (Å²) in [6, 6.07) is 0. The normalized spacial score (nSPS) is 14.2. The number of carboxylic acid groups (broad SMARTS) is 3. The van der Waals surface area contributed by atoms with Crippen molar-refractivity contribution in [1.82, 2.24) is 15.3 Å². The minimum absolute atomic E-state index is 0.488. The van der Waals surface area contributed by atoms with Crippen LogP contribution in [0.5, 0.6) is 0 Å². The van der Waals surface area contributed by atoms with E-state index in [1.54, 1.807) is 12.4 Å². The highest BCUT2D eigenvalue weighted by Crippen LogP contribution is 2.27. The van der Waals surface area contributed by atoms with Gasteiger partial charge in [-0.3, -0.25) is 4.98 Å². The van der Waals surface area contributed by atoms with Crippen molar-refractivity contribution in [2.45, 2.75) is 37.3 Å². The molecule has 0 aliphatic carbocycles. The van der Waals surface area contributed by atoms with Crippen LogP contribution in [0.3, 0.4) is 0 Å². The van der Waals surface area contributed by atoms with Gasteiger partial charge in [-0.25, -0.2) is 19.4 Å². The highest BCUT2D eigenvalue weighted by atomic mass is 35.5. The molecule has 2 heterocycles. The smallest absolute Gasteiger partial charge is 0.475 e. The molecule has 0 aromatic carbocycles. The second-order valence-electron chi connectivity index (χ2n) is 5.67. The fourth-order valence-electron chi connectivity index (χ4n) is 1.70. The number of nitrogens with one attached hydrogen (secondary N) is 1. The molecule has 0 spiro atoms. The Kier molecular flexibility index (Phi) is 14.1. The summed E-state index contributed by atoms with van der Waals surface area (Å²) < 4.78 is 95.2. The number of aliphatic carboxylic acids is 3. The van der Waals surface area contributed by atoms with Crippen LogP contribution in [-0.2, 0) is 14.4 Å². The van der Waals surface area contributed by atoms with E-state index in [1.165, 1.54) is 0 Å². The van der Waals surface area contributed by atoms with Crippen molar-refractivity contribution < 1.29 is 69.2 Å². The number of piperidine rings is 1. The van der Waals surface area contributed by atoms with E-state index in [4.69, 9.17) is 41.3 Å². The minimum atomic E-state index is -5.08. The van der Waals surface area contributed by atoms with Gasteiger partial charge in [-0.15, -0.1) is 0 Å². The van der Waals surface area contributed by atoms with Gasteiger partial charge < -0.3 is 20.6 Å². The number of alkyl halides is 9. The maximum atomic E-state index is 10.6. The van der Waals surface area contributed by atoms with Gasteiger partial charge in [0.25, 0.3) is 0 Å². The summed E-state index contributed by atoms with van der Waals surface area (Å²) in [4.78, 5) is 35.0. The predicted octanol–water partition coefficient (Wildman–Crippen LogP) is 3.50. The molecule has 0 bridgehead atoms. The van der Waals surface area contributed by atoms with E-state index >= 15 is 0 Å². The first kappa shape index (κ1) is 33.3. The maximum Gasteiger partial charge on any atom is 0.490 e. The lowest BCUT2D eigenvalue weighted by molar-refractivity contribution is -0.193. The molecule has 1 aromatic heterocycles. The first-order chi connectivity index (χ1) is 15.2. The van der Waals surface area contributed by atoms with Crippen molar-refractivity contribution in [2.24, 2.45) is 0 Å². The molecule has 4 N–H and O–H groups in total. The van der Waals surface area contributed by atoms with Crippen LogP contribution in [0, 0.1) is 0 Å². The number of aromatic nitrogens is 2. The van der Waals surface area contributed by atoms with E-state index in [-0.39, 0.29) is 0 Å². The highest BCUT2D eigenvalue weighted by molar-refractivity contribution is 6.30. The Morgan fingerprint density at radius 2 is 1.06 bits per heavy atom. The van der Waals surface area contributed by atoms with Crippen LogP contribution in [-0.4, -0.2) is 74.8 Å². The molecule has 0 radical (unpaired) electrons. The van der Waals surface area contributed by atoms with Gasteiger partial charge in [-0.1, -0.05) is 11.6 Å². The SMILES string of the molecule is Clc1nccnc1C1CCNCC1.O=C(O)C(F)(F)F.O=C(O)C(F)(F)F.O=C(O)C(F)(F)F. The summed E-state index contributed by atoms with van der Waals surface area (Å²) in [5, 5.41) is 25.3. The Labute approximate surface area is 188 Å². The third-order valence-electron chi connectivity index (χ3n) is 3.13. The lowest BCUT2D eigenvalue weighted by Gasteiger charge is -2.22. The first-order valence-corrected chi connectivity index (χ1v) is 8.66. The molecule has 1 saturated heterocycles. The number of carbonyl (C=O) groups is 3. The minimum Gasteiger partial charge on any atom is -0.475 e. The molecule has 1 aliphatic heterocycles. The van der Waals surface area contributed by atoms with Gasteiger partial charge in [0.2, 0.25) is 0 Å². The van der Waals surface area contributed by atoms with Crippen molar-refractivity contribution in [2.75, 3.05) is 13.1 Å². The Morgan fingerprint density at radius 3 is 1.32 bits per heavy atom. The number of rotatable bonds is 1. The summed E-state index contributed by atoms with van der Waals surface area (Å²) >= 11 is 5.96. The summed E-state index contributed by atoms with van der Waals surface area (Å²) in [6.45, 7) is 2.11. The fraction of sp³-hybridized carbons (Fsp3) is 0.533. The third kappa shape index (κ3) is 15.8. The van der Waals surface area contributed by atoms with Crippen molar-refractivity contribution in [3.8, 4) is 0 Å². The van der Waals surface area contributed by atoms with E-state index in [1.807, 2.05) is 0 Å². The zero-order chi connectivity index (χ0) is 27.3.